The molecule has 1 aromatic heterocycles. The van der Waals surface area contributed by atoms with E-state index in [1.807, 2.05) is 13.8 Å². The van der Waals surface area contributed by atoms with E-state index in [0.717, 1.165) is 10.6 Å². The third kappa shape index (κ3) is 4.32. The Balaban J connectivity index is 1.76. The van der Waals surface area contributed by atoms with Crippen molar-refractivity contribution in [3.8, 4) is 5.75 Å². The summed E-state index contributed by atoms with van der Waals surface area (Å²) in [6.45, 7) is 3.80. The van der Waals surface area contributed by atoms with Gasteiger partial charge in [-0.15, -0.1) is 11.3 Å². The molecule has 146 valence electrons. The SMILES string of the molecule is COc1ccccc1NS(=O)(=O)c1ccc(C(=O)Nc2nc(C)c(C)s2)cc1. The molecular weight excluding hydrogens is 398 g/mol. The minimum atomic E-state index is -3.82. The molecule has 3 rings (SSSR count). The van der Waals surface area contributed by atoms with Crippen molar-refractivity contribution in [1.29, 1.82) is 0 Å². The van der Waals surface area contributed by atoms with Gasteiger partial charge < -0.3 is 4.74 Å². The number of hydrogen-bond donors (Lipinski definition) is 2. The van der Waals surface area contributed by atoms with Crippen LogP contribution < -0.4 is 14.8 Å². The molecule has 0 aliphatic carbocycles. The van der Waals surface area contributed by atoms with E-state index in [-0.39, 0.29) is 10.8 Å². The number of carbonyl (C=O) groups is 1. The first-order valence-electron chi connectivity index (χ1n) is 8.31. The monoisotopic (exact) mass is 417 g/mol. The number of anilines is 2. The van der Waals surface area contributed by atoms with Gasteiger partial charge in [-0.2, -0.15) is 0 Å². The van der Waals surface area contributed by atoms with Crippen LogP contribution in [0, 0.1) is 13.8 Å². The number of methoxy groups -OCH3 is 1. The number of ether oxygens (including phenoxy) is 1. The highest BCUT2D eigenvalue weighted by Crippen LogP contribution is 2.26. The second-order valence-electron chi connectivity index (χ2n) is 5.94. The molecule has 0 radical (unpaired) electrons. The number of amides is 1. The first-order valence-corrected chi connectivity index (χ1v) is 10.6. The smallest absolute Gasteiger partial charge is 0.262 e. The molecule has 1 amide bonds. The van der Waals surface area contributed by atoms with Gasteiger partial charge in [-0.05, 0) is 50.2 Å². The van der Waals surface area contributed by atoms with E-state index in [4.69, 9.17) is 4.74 Å². The Kier molecular flexibility index (Phi) is 5.66. The van der Waals surface area contributed by atoms with E-state index in [2.05, 4.69) is 15.0 Å². The Morgan fingerprint density at radius 1 is 1.07 bits per heavy atom. The average molecular weight is 418 g/mol. The predicted molar refractivity (Wildman–Crippen MR) is 110 cm³/mol. The Bertz CT molecular complexity index is 1090. The van der Waals surface area contributed by atoms with E-state index in [1.165, 1.54) is 42.7 Å². The molecule has 28 heavy (non-hydrogen) atoms. The quantitative estimate of drug-likeness (QED) is 0.635. The largest absolute Gasteiger partial charge is 0.495 e. The number of sulfonamides is 1. The molecule has 0 spiro atoms. The standard InChI is InChI=1S/C19H19N3O4S2/c1-12-13(2)27-19(20-12)21-18(23)14-8-10-15(11-9-14)28(24,25)22-16-6-4-5-7-17(16)26-3/h4-11,22H,1-3H3,(H,20,21,23). The molecular formula is C19H19N3O4S2. The number of benzene rings is 2. The number of nitrogens with one attached hydrogen (secondary N) is 2. The molecule has 2 N–H and O–H groups in total. The van der Waals surface area contributed by atoms with Crippen LogP contribution >= 0.6 is 11.3 Å². The second kappa shape index (κ2) is 7.99. The number of nitrogens with zero attached hydrogens (tertiary/aromatic N) is 1. The Labute approximate surface area is 167 Å². The molecule has 0 atom stereocenters. The van der Waals surface area contributed by atoms with E-state index in [9.17, 15) is 13.2 Å². The number of hydrogen-bond acceptors (Lipinski definition) is 6. The zero-order valence-corrected chi connectivity index (χ0v) is 17.1. The predicted octanol–water partition coefficient (Wildman–Crippen LogP) is 3.82. The lowest BCUT2D eigenvalue weighted by atomic mass is 10.2. The fourth-order valence-corrected chi connectivity index (χ4v) is 4.29. The van der Waals surface area contributed by atoms with Crippen LogP contribution in [0.3, 0.4) is 0 Å². The van der Waals surface area contributed by atoms with E-state index in [0.29, 0.717) is 22.1 Å². The van der Waals surface area contributed by atoms with Gasteiger partial charge in [-0.3, -0.25) is 14.8 Å². The Morgan fingerprint density at radius 3 is 2.36 bits per heavy atom. The van der Waals surface area contributed by atoms with Crippen molar-refractivity contribution in [2.45, 2.75) is 18.7 Å². The van der Waals surface area contributed by atoms with Crippen molar-refractivity contribution in [2.24, 2.45) is 0 Å². The lowest BCUT2D eigenvalue weighted by Gasteiger charge is -2.12. The molecule has 2 aromatic carbocycles. The van der Waals surface area contributed by atoms with E-state index >= 15 is 0 Å². The molecule has 3 aromatic rings. The molecule has 7 nitrogen and oxygen atoms in total. The summed E-state index contributed by atoms with van der Waals surface area (Å²) in [4.78, 5) is 17.7. The van der Waals surface area contributed by atoms with Gasteiger partial charge in [0.1, 0.15) is 5.75 Å². The number of thiazole rings is 1. The summed E-state index contributed by atoms with van der Waals surface area (Å²) in [6, 6.07) is 12.4. The highest BCUT2D eigenvalue weighted by atomic mass is 32.2. The first kappa shape index (κ1) is 19.8. The number of carbonyl (C=O) groups excluding carboxylic acids is 1. The summed E-state index contributed by atoms with van der Waals surface area (Å²) in [5.41, 5.74) is 1.53. The third-order valence-corrected chi connectivity index (χ3v) is 6.40. The summed E-state index contributed by atoms with van der Waals surface area (Å²) < 4.78 is 32.9. The van der Waals surface area contributed by atoms with Crippen LogP contribution in [0.2, 0.25) is 0 Å². The van der Waals surface area contributed by atoms with Crippen LogP contribution in [-0.2, 0) is 10.0 Å². The summed E-state index contributed by atoms with van der Waals surface area (Å²) in [7, 11) is -2.36. The average Bonchev–Trinajstić information content (AvgIpc) is 2.99. The van der Waals surface area contributed by atoms with Crippen LogP contribution in [-0.4, -0.2) is 26.4 Å². The van der Waals surface area contributed by atoms with Crippen molar-refractivity contribution < 1.29 is 17.9 Å². The van der Waals surface area contributed by atoms with Crippen LogP contribution in [0.1, 0.15) is 20.9 Å². The molecule has 1 heterocycles. The maximum atomic E-state index is 12.6. The summed E-state index contributed by atoms with van der Waals surface area (Å²) >= 11 is 1.39. The van der Waals surface area contributed by atoms with Crippen molar-refractivity contribution in [1.82, 2.24) is 4.98 Å². The minimum absolute atomic E-state index is 0.0379. The number of aromatic nitrogens is 1. The molecule has 9 heteroatoms. The molecule has 0 saturated heterocycles. The number of aryl methyl sites for hydroxylation is 2. The van der Waals surface area contributed by atoms with Crippen LogP contribution in [0.5, 0.6) is 5.75 Å². The first-order chi connectivity index (χ1) is 13.3. The third-order valence-electron chi connectivity index (χ3n) is 4.03. The molecule has 0 unspecified atom stereocenters. The summed E-state index contributed by atoms with van der Waals surface area (Å²) in [6.07, 6.45) is 0. The molecule has 0 aliphatic rings. The van der Waals surface area contributed by atoms with Gasteiger partial charge in [-0.25, -0.2) is 13.4 Å². The van der Waals surface area contributed by atoms with Gasteiger partial charge in [0, 0.05) is 10.4 Å². The lowest BCUT2D eigenvalue weighted by molar-refractivity contribution is 0.102. The highest BCUT2D eigenvalue weighted by molar-refractivity contribution is 7.92. The van der Waals surface area contributed by atoms with E-state index < -0.39 is 10.0 Å². The normalized spacial score (nSPS) is 11.1. The number of para-hydroxylation sites is 2. The highest BCUT2D eigenvalue weighted by Gasteiger charge is 2.17. The Morgan fingerprint density at radius 2 is 1.75 bits per heavy atom. The minimum Gasteiger partial charge on any atom is -0.495 e. The number of rotatable bonds is 6. The van der Waals surface area contributed by atoms with Gasteiger partial charge in [0.25, 0.3) is 15.9 Å². The van der Waals surface area contributed by atoms with Crippen LogP contribution in [0.4, 0.5) is 10.8 Å². The molecule has 0 aliphatic heterocycles. The zero-order chi connectivity index (χ0) is 20.3. The maximum Gasteiger partial charge on any atom is 0.262 e. The van der Waals surface area contributed by atoms with Gasteiger partial charge in [-0.1, -0.05) is 12.1 Å². The summed E-state index contributed by atoms with van der Waals surface area (Å²) in [5.74, 6) is 0.0616. The van der Waals surface area contributed by atoms with Gasteiger partial charge >= 0.3 is 0 Å². The van der Waals surface area contributed by atoms with Crippen molar-refractivity contribution in [3.63, 3.8) is 0 Å². The fourth-order valence-electron chi connectivity index (χ4n) is 2.41. The molecule has 0 fully saturated rings. The van der Waals surface area contributed by atoms with Crippen LogP contribution in [0.25, 0.3) is 0 Å². The van der Waals surface area contributed by atoms with Gasteiger partial charge in [0.05, 0.1) is 23.4 Å². The maximum absolute atomic E-state index is 12.6. The Hall–Kier alpha value is -2.91. The van der Waals surface area contributed by atoms with Crippen molar-refractivity contribution >= 4 is 38.1 Å². The second-order valence-corrected chi connectivity index (χ2v) is 8.83. The van der Waals surface area contributed by atoms with Gasteiger partial charge in [0.15, 0.2) is 5.13 Å². The zero-order valence-electron chi connectivity index (χ0n) is 15.5. The van der Waals surface area contributed by atoms with Crippen molar-refractivity contribution in [2.75, 3.05) is 17.1 Å². The lowest BCUT2D eigenvalue weighted by Crippen LogP contribution is -2.15. The van der Waals surface area contributed by atoms with Crippen molar-refractivity contribution in [3.05, 3.63) is 64.7 Å². The van der Waals surface area contributed by atoms with Gasteiger partial charge in [0.2, 0.25) is 0 Å². The molecule has 0 bridgehead atoms. The van der Waals surface area contributed by atoms with Crippen LogP contribution in [0.15, 0.2) is 53.4 Å². The topological polar surface area (TPSA) is 97.4 Å². The summed E-state index contributed by atoms with van der Waals surface area (Å²) in [5, 5.41) is 3.23. The fraction of sp³-hybridized carbons (Fsp3) is 0.158. The molecule has 0 saturated carbocycles. The van der Waals surface area contributed by atoms with E-state index in [1.54, 1.807) is 24.3 Å².